The summed E-state index contributed by atoms with van der Waals surface area (Å²) in [5.41, 5.74) is 2.04. The van der Waals surface area contributed by atoms with Gasteiger partial charge in [0, 0.05) is 28.6 Å². The number of fused-ring (bicyclic) bond motifs is 2. The predicted octanol–water partition coefficient (Wildman–Crippen LogP) is 4.88. The van der Waals surface area contributed by atoms with Crippen LogP contribution in [0, 0.1) is 0 Å². The van der Waals surface area contributed by atoms with Gasteiger partial charge in [0.05, 0.1) is 24.9 Å². The van der Waals surface area contributed by atoms with Crippen LogP contribution in [0.4, 0.5) is 0 Å². The second kappa shape index (κ2) is 12.9. The number of carbonyl (C=O) groups excluding carboxylic acids is 4. The molecule has 3 aromatic rings. The number of carboxylic acids is 1. The minimum atomic E-state index is -1.32. The Morgan fingerprint density at radius 1 is 0.976 bits per heavy atom. The van der Waals surface area contributed by atoms with Crippen LogP contribution in [-0.2, 0) is 14.3 Å². The number of Topliss-reactive ketones (excluding diaryl/α,β-unsaturated/α-hetero) is 2. The first kappa shape index (κ1) is 30.4. The van der Waals surface area contributed by atoms with Gasteiger partial charge in [-0.2, -0.15) is 0 Å². The molecule has 1 aliphatic rings. The van der Waals surface area contributed by atoms with Crippen LogP contribution in [0.15, 0.2) is 42.5 Å². The van der Waals surface area contributed by atoms with Crippen molar-refractivity contribution in [1.29, 1.82) is 0 Å². The summed E-state index contributed by atoms with van der Waals surface area (Å²) in [6.45, 7) is 6.42. The summed E-state index contributed by atoms with van der Waals surface area (Å²) in [6, 6.07) is 11.5. The van der Waals surface area contributed by atoms with Gasteiger partial charge in [0.15, 0.2) is 11.6 Å². The van der Waals surface area contributed by atoms with Crippen molar-refractivity contribution in [1.82, 2.24) is 9.88 Å². The number of carboxylic acid groups (broad SMARTS) is 1. The largest absolute Gasteiger partial charge is 0.506 e. The van der Waals surface area contributed by atoms with Gasteiger partial charge in [0.1, 0.15) is 24.0 Å². The first-order valence-electron chi connectivity index (χ1n) is 14.0. The molecule has 220 valence electrons. The Kier molecular flexibility index (Phi) is 9.35. The van der Waals surface area contributed by atoms with E-state index in [1.54, 1.807) is 6.07 Å². The van der Waals surface area contributed by atoms with Crippen LogP contribution in [0.5, 0.6) is 5.75 Å². The number of carbonyl (C=O) groups is 5. The maximum absolute atomic E-state index is 13.5. The number of pyridine rings is 1. The monoisotopic (exact) mass is 574 g/mol. The summed E-state index contributed by atoms with van der Waals surface area (Å²) in [5.74, 6) is -4.50. The van der Waals surface area contributed by atoms with Crippen molar-refractivity contribution < 1.29 is 38.9 Å². The maximum Gasteiger partial charge on any atom is 0.306 e. The number of nitrogens with zero attached hydrogens (tertiary/aromatic N) is 2. The van der Waals surface area contributed by atoms with Crippen LogP contribution < -0.4 is 0 Å². The Hall–Kier alpha value is -4.60. The number of aromatic hydroxyl groups is 1. The van der Waals surface area contributed by atoms with E-state index in [-0.39, 0.29) is 60.0 Å². The molecule has 0 radical (unpaired) electrons. The molecule has 1 atom stereocenters. The third-order valence-electron chi connectivity index (χ3n) is 7.35. The third-order valence-corrected chi connectivity index (χ3v) is 7.35. The summed E-state index contributed by atoms with van der Waals surface area (Å²) >= 11 is 0. The lowest BCUT2D eigenvalue weighted by atomic mass is 9.96. The highest BCUT2D eigenvalue weighted by Gasteiger charge is 2.42. The van der Waals surface area contributed by atoms with E-state index in [1.165, 1.54) is 29.2 Å². The van der Waals surface area contributed by atoms with Gasteiger partial charge >= 0.3 is 11.9 Å². The van der Waals surface area contributed by atoms with Crippen LogP contribution >= 0.6 is 0 Å². The van der Waals surface area contributed by atoms with E-state index >= 15 is 0 Å². The van der Waals surface area contributed by atoms with E-state index in [4.69, 9.17) is 9.84 Å². The van der Waals surface area contributed by atoms with Crippen molar-refractivity contribution in [3.8, 4) is 5.75 Å². The first-order chi connectivity index (χ1) is 20.0. The Morgan fingerprint density at radius 2 is 1.71 bits per heavy atom. The van der Waals surface area contributed by atoms with E-state index in [1.807, 2.05) is 19.1 Å². The second-order valence-corrected chi connectivity index (χ2v) is 10.7. The molecule has 10 nitrogen and oxygen atoms in total. The normalized spacial score (nSPS) is 14.3. The number of ether oxygens (including phenoxy) is 1. The highest BCUT2D eigenvalue weighted by atomic mass is 16.5. The summed E-state index contributed by atoms with van der Waals surface area (Å²) in [5, 5.41) is 20.2. The van der Waals surface area contributed by atoms with Crippen LogP contribution in [0.1, 0.15) is 101 Å². The molecule has 1 amide bonds. The molecule has 2 aromatic carbocycles. The van der Waals surface area contributed by atoms with Gasteiger partial charge in [-0.3, -0.25) is 24.0 Å². The summed E-state index contributed by atoms with van der Waals surface area (Å²) < 4.78 is 5.09. The maximum atomic E-state index is 13.5. The number of hydrogen-bond donors (Lipinski definition) is 2. The number of hydrogen-bond acceptors (Lipinski definition) is 8. The lowest BCUT2D eigenvalue weighted by Crippen LogP contribution is -2.35. The molecule has 0 saturated heterocycles. The van der Waals surface area contributed by atoms with Crippen LogP contribution in [0.2, 0.25) is 0 Å². The Labute approximate surface area is 243 Å². The lowest BCUT2D eigenvalue weighted by molar-refractivity contribution is -0.147. The Morgan fingerprint density at radius 3 is 2.40 bits per heavy atom. The van der Waals surface area contributed by atoms with E-state index in [0.717, 1.165) is 12.0 Å². The number of ketones is 2. The van der Waals surface area contributed by atoms with E-state index in [2.05, 4.69) is 18.8 Å². The molecule has 1 aromatic heterocycles. The first-order valence-corrected chi connectivity index (χ1v) is 14.0. The minimum Gasteiger partial charge on any atom is -0.506 e. The molecule has 0 bridgehead atoms. The zero-order chi connectivity index (χ0) is 30.6. The number of unbranched alkanes of at least 4 members (excludes halogenated alkanes) is 1. The van der Waals surface area contributed by atoms with Crippen molar-refractivity contribution in [2.45, 2.75) is 58.3 Å². The SMILES string of the molecule is CCCCN(CCOC(=O)CCC(=O)O)C(=O)c1ccc2c(c1)C(=O)C(c1nc3ccc(C(C)C)cc3cc1O)C2=O. The second-order valence-electron chi connectivity index (χ2n) is 10.7. The molecule has 4 rings (SSSR count). The number of amides is 1. The fraction of sp³-hybridized carbons (Fsp3) is 0.375. The molecule has 1 aliphatic carbocycles. The fourth-order valence-electron chi connectivity index (χ4n) is 4.94. The molecule has 1 heterocycles. The molecule has 0 aliphatic heterocycles. The van der Waals surface area contributed by atoms with Crippen LogP contribution in [-0.4, -0.2) is 69.2 Å². The molecular formula is C32H34N2O8. The quantitative estimate of drug-likeness (QED) is 0.228. The smallest absolute Gasteiger partial charge is 0.306 e. The molecule has 10 heteroatoms. The highest BCUT2D eigenvalue weighted by molar-refractivity contribution is 6.30. The fourth-order valence-corrected chi connectivity index (χ4v) is 4.94. The van der Waals surface area contributed by atoms with Gasteiger partial charge < -0.3 is 19.8 Å². The minimum absolute atomic E-state index is 0.0202. The van der Waals surface area contributed by atoms with E-state index < -0.39 is 35.3 Å². The van der Waals surface area contributed by atoms with Gasteiger partial charge in [-0.25, -0.2) is 4.98 Å². The zero-order valence-corrected chi connectivity index (χ0v) is 23.9. The van der Waals surface area contributed by atoms with E-state index in [9.17, 15) is 29.1 Å². The Bertz CT molecular complexity index is 1560. The standard InChI is InChI=1S/C32H34N2O8/c1-4-5-12-34(13-14-42-27(38)11-10-26(36)37)32(41)20-6-8-22-23(16-20)31(40)28(30(22)39)29-25(35)17-21-15-19(18(2)3)7-9-24(21)33-29/h6-9,15-18,28,35H,4-5,10-14H2,1-3H3,(H,36,37). The number of esters is 1. The number of aromatic nitrogens is 1. The van der Waals surface area contributed by atoms with E-state index in [0.29, 0.717) is 23.9 Å². The van der Waals surface area contributed by atoms with Gasteiger partial charge in [-0.05, 0) is 54.3 Å². The average Bonchev–Trinajstić information content (AvgIpc) is 3.21. The third kappa shape index (κ3) is 6.48. The van der Waals surface area contributed by atoms with Crippen molar-refractivity contribution in [2.24, 2.45) is 0 Å². The topological polar surface area (TPSA) is 151 Å². The van der Waals surface area contributed by atoms with Crippen molar-refractivity contribution in [3.63, 3.8) is 0 Å². The summed E-state index contributed by atoms with van der Waals surface area (Å²) in [4.78, 5) is 68.7. The van der Waals surface area contributed by atoms with Gasteiger partial charge in [-0.15, -0.1) is 0 Å². The number of aliphatic carboxylic acids is 1. The zero-order valence-electron chi connectivity index (χ0n) is 23.9. The summed E-state index contributed by atoms with van der Waals surface area (Å²) in [6.07, 6.45) is 0.892. The summed E-state index contributed by atoms with van der Waals surface area (Å²) in [7, 11) is 0. The predicted molar refractivity (Wildman–Crippen MR) is 154 cm³/mol. The van der Waals surface area contributed by atoms with Gasteiger partial charge in [0.2, 0.25) is 0 Å². The number of benzene rings is 2. The molecule has 0 saturated carbocycles. The molecule has 0 spiro atoms. The highest BCUT2D eigenvalue weighted by Crippen LogP contribution is 2.38. The average molecular weight is 575 g/mol. The molecule has 42 heavy (non-hydrogen) atoms. The van der Waals surface area contributed by atoms with Crippen molar-refractivity contribution in [3.05, 3.63) is 70.4 Å². The van der Waals surface area contributed by atoms with Crippen LogP contribution in [0.25, 0.3) is 10.9 Å². The van der Waals surface area contributed by atoms with Crippen LogP contribution in [0.3, 0.4) is 0 Å². The Balaban J connectivity index is 1.55. The van der Waals surface area contributed by atoms with Gasteiger partial charge in [0.25, 0.3) is 5.91 Å². The lowest BCUT2D eigenvalue weighted by Gasteiger charge is -2.22. The molecular weight excluding hydrogens is 540 g/mol. The molecule has 2 N–H and O–H groups in total. The molecule has 0 fully saturated rings. The van der Waals surface area contributed by atoms with Crippen molar-refractivity contribution in [2.75, 3.05) is 19.7 Å². The van der Waals surface area contributed by atoms with Gasteiger partial charge in [-0.1, -0.05) is 33.3 Å². The molecule has 1 unspecified atom stereocenters. The number of rotatable bonds is 12. The van der Waals surface area contributed by atoms with Crippen molar-refractivity contribution >= 4 is 40.3 Å².